The Morgan fingerprint density at radius 3 is 2.31 bits per heavy atom. The number of benzene rings is 1. The highest BCUT2D eigenvalue weighted by atomic mass is 32.2. The molecule has 0 aliphatic carbocycles. The van der Waals surface area contributed by atoms with E-state index in [4.69, 9.17) is 5.11 Å². The fourth-order valence-corrected chi connectivity index (χ4v) is 4.32. The molecule has 1 aromatic rings. The number of nitrogens with zero attached hydrogens (tertiary/aromatic N) is 1. The Kier molecular flexibility index (Phi) is 6.91. The number of hydrogen-bond acceptors (Lipinski definition) is 5. The van der Waals surface area contributed by atoms with Gasteiger partial charge in [0.25, 0.3) is 0 Å². The summed E-state index contributed by atoms with van der Waals surface area (Å²) >= 11 is 0. The van der Waals surface area contributed by atoms with Crippen molar-refractivity contribution in [1.29, 1.82) is 0 Å². The van der Waals surface area contributed by atoms with Gasteiger partial charge in [0.15, 0.2) is 5.78 Å². The molecule has 1 amide bonds. The molecule has 1 unspecified atom stereocenters. The minimum Gasteiger partial charge on any atom is -0.396 e. The molecule has 1 aliphatic heterocycles. The first-order valence-electron chi connectivity index (χ1n) is 8.75. The zero-order valence-corrected chi connectivity index (χ0v) is 16.0. The molecule has 8 heteroatoms. The molecule has 0 spiro atoms. The van der Waals surface area contributed by atoms with Crippen LogP contribution in [0.15, 0.2) is 29.2 Å². The Labute approximate surface area is 154 Å². The highest BCUT2D eigenvalue weighted by molar-refractivity contribution is 7.89. The maximum Gasteiger partial charge on any atom is 0.243 e. The molecule has 2 rings (SSSR count). The van der Waals surface area contributed by atoms with Crippen LogP contribution in [0.3, 0.4) is 0 Å². The lowest BCUT2D eigenvalue weighted by atomic mass is 9.97. The number of ketones is 1. The van der Waals surface area contributed by atoms with Gasteiger partial charge in [-0.05, 0) is 37.8 Å². The Hall–Kier alpha value is -1.77. The van der Waals surface area contributed by atoms with Gasteiger partial charge in [0, 0.05) is 37.7 Å². The van der Waals surface area contributed by atoms with Crippen LogP contribution in [0.1, 0.15) is 37.0 Å². The van der Waals surface area contributed by atoms with Gasteiger partial charge in [-0.3, -0.25) is 9.59 Å². The van der Waals surface area contributed by atoms with Crippen LogP contribution in [0, 0.1) is 11.8 Å². The van der Waals surface area contributed by atoms with E-state index in [9.17, 15) is 18.0 Å². The van der Waals surface area contributed by atoms with Crippen LogP contribution >= 0.6 is 0 Å². The molecule has 1 atom stereocenters. The molecule has 1 saturated heterocycles. The number of carbonyl (C=O) groups excluding carboxylic acids is 2. The first-order valence-corrected chi connectivity index (χ1v) is 10.2. The average molecular weight is 382 g/mol. The quantitative estimate of drug-likeness (QED) is 0.686. The van der Waals surface area contributed by atoms with E-state index in [-0.39, 0.29) is 48.1 Å². The second-order valence-corrected chi connectivity index (χ2v) is 8.73. The minimum absolute atomic E-state index is 0.00242. The standard InChI is InChI=1S/C18H26N2O5S/c1-13(12-21)11-19-18(23)16-7-9-20(10-8-16)26(24,25)17-5-3-15(4-6-17)14(2)22/h3-6,13,16,21H,7-12H2,1-2H3,(H,19,23). The maximum atomic E-state index is 12.7. The van der Waals surface area contributed by atoms with Crippen molar-refractivity contribution in [1.82, 2.24) is 9.62 Å². The number of carbonyl (C=O) groups is 2. The van der Waals surface area contributed by atoms with Crippen LogP contribution in [0.25, 0.3) is 0 Å². The van der Waals surface area contributed by atoms with Crippen LogP contribution in [0.5, 0.6) is 0 Å². The third kappa shape index (κ3) is 4.90. The third-order valence-electron chi connectivity index (χ3n) is 4.66. The van der Waals surface area contributed by atoms with Crippen molar-refractivity contribution in [3.8, 4) is 0 Å². The normalized spacial score (nSPS) is 17.7. The number of aliphatic hydroxyl groups excluding tert-OH is 1. The fourth-order valence-electron chi connectivity index (χ4n) is 2.85. The lowest BCUT2D eigenvalue weighted by molar-refractivity contribution is -0.126. The summed E-state index contributed by atoms with van der Waals surface area (Å²) in [6, 6.07) is 5.91. The summed E-state index contributed by atoms with van der Waals surface area (Å²) in [6.45, 7) is 4.26. The van der Waals surface area contributed by atoms with E-state index in [1.165, 1.54) is 35.5 Å². The molecule has 26 heavy (non-hydrogen) atoms. The number of amides is 1. The van der Waals surface area contributed by atoms with Gasteiger partial charge in [-0.15, -0.1) is 0 Å². The summed E-state index contributed by atoms with van der Waals surface area (Å²) in [5, 5.41) is 11.8. The van der Waals surface area contributed by atoms with E-state index in [2.05, 4.69) is 5.32 Å². The minimum atomic E-state index is -3.63. The van der Waals surface area contributed by atoms with Crippen LogP contribution < -0.4 is 5.32 Å². The van der Waals surface area contributed by atoms with Crippen molar-refractivity contribution in [3.05, 3.63) is 29.8 Å². The summed E-state index contributed by atoms with van der Waals surface area (Å²) in [5.74, 6) is -0.422. The van der Waals surface area contributed by atoms with E-state index >= 15 is 0 Å². The first-order chi connectivity index (χ1) is 12.3. The zero-order chi connectivity index (χ0) is 19.3. The van der Waals surface area contributed by atoms with Gasteiger partial charge in [0.2, 0.25) is 15.9 Å². The Morgan fingerprint density at radius 2 is 1.81 bits per heavy atom. The molecule has 0 bridgehead atoms. The van der Waals surface area contributed by atoms with Gasteiger partial charge in [-0.2, -0.15) is 4.31 Å². The number of hydrogen-bond donors (Lipinski definition) is 2. The van der Waals surface area contributed by atoms with E-state index in [1.54, 1.807) is 0 Å². The molecule has 7 nitrogen and oxygen atoms in total. The Balaban J connectivity index is 1.95. The fraction of sp³-hybridized carbons (Fsp3) is 0.556. The third-order valence-corrected chi connectivity index (χ3v) is 6.57. The Morgan fingerprint density at radius 1 is 1.23 bits per heavy atom. The molecule has 0 radical (unpaired) electrons. The molecule has 1 aliphatic rings. The van der Waals surface area contributed by atoms with Gasteiger partial charge in [-0.25, -0.2) is 8.42 Å². The van der Waals surface area contributed by atoms with Crippen molar-refractivity contribution >= 4 is 21.7 Å². The zero-order valence-electron chi connectivity index (χ0n) is 15.1. The lowest BCUT2D eigenvalue weighted by Gasteiger charge is -2.30. The predicted octanol–water partition coefficient (Wildman–Crippen LogP) is 1.03. The summed E-state index contributed by atoms with van der Waals surface area (Å²) in [5.41, 5.74) is 0.469. The molecular formula is C18H26N2O5S. The van der Waals surface area contributed by atoms with Crippen LogP contribution in [0.2, 0.25) is 0 Å². The van der Waals surface area contributed by atoms with Crippen molar-refractivity contribution in [3.63, 3.8) is 0 Å². The molecule has 0 aromatic heterocycles. The summed E-state index contributed by atoms with van der Waals surface area (Å²) in [6.07, 6.45) is 0.925. The van der Waals surface area contributed by atoms with Crippen molar-refractivity contribution in [2.45, 2.75) is 31.6 Å². The summed E-state index contributed by atoms with van der Waals surface area (Å²) < 4.78 is 26.8. The van der Waals surface area contributed by atoms with E-state index < -0.39 is 10.0 Å². The predicted molar refractivity (Wildman–Crippen MR) is 97.2 cm³/mol. The molecule has 1 fully saturated rings. The van der Waals surface area contributed by atoms with Crippen LogP contribution in [-0.2, 0) is 14.8 Å². The van der Waals surface area contributed by atoms with E-state index in [0.29, 0.717) is 24.9 Å². The highest BCUT2D eigenvalue weighted by Crippen LogP contribution is 2.24. The number of nitrogens with one attached hydrogen (secondary N) is 1. The van der Waals surface area contributed by atoms with Gasteiger partial charge in [0.05, 0.1) is 4.90 Å². The molecule has 144 valence electrons. The largest absolute Gasteiger partial charge is 0.396 e. The monoisotopic (exact) mass is 382 g/mol. The van der Waals surface area contributed by atoms with Gasteiger partial charge < -0.3 is 10.4 Å². The number of piperidine rings is 1. The second-order valence-electron chi connectivity index (χ2n) is 6.79. The van der Waals surface area contributed by atoms with Gasteiger partial charge >= 0.3 is 0 Å². The first kappa shape index (κ1) is 20.5. The van der Waals surface area contributed by atoms with Gasteiger partial charge in [-0.1, -0.05) is 19.1 Å². The summed E-state index contributed by atoms with van der Waals surface area (Å²) in [7, 11) is -3.63. The summed E-state index contributed by atoms with van der Waals surface area (Å²) in [4.78, 5) is 23.6. The van der Waals surface area contributed by atoms with Crippen molar-refractivity contribution in [2.24, 2.45) is 11.8 Å². The maximum absolute atomic E-state index is 12.7. The number of rotatable bonds is 7. The van der Waals surface area contributed by atoms with E-state index in [1.807, 2.05) is 6.92 Å². The van der Waals surface area contributed by atoms with Crippen molar-refractivity contribution < 1.29 is 23.1 Å². The van der Waals surface area contributed by atoms with Crippen LogP contribution in [0.4, 0.5) is 0 Å². The lowest BCUT2D eigenvalue weighted by Crippen LogP contribution is -2.43. The molecular weight excluding hydrogens is 356 g/mol. The highest BCUT2D eigenvalue weighted by Gasteiger charge is 2.32. The molecule has 2 N–H and O–H groups in total. The van der Waals surface area contributed by atoms with Crippen molar-refractivity contribution in [2.75, 3.05) is 26.2 Å². The number of Topliss-reactive ketones (excluding diaryl/α,β-unsaturated/α-hetero) is 1. The second kappa shape index (κ2) is 8.75. The molecule has 0 saturated carbocycles. The van der Waals surface area contributed by atoms with Crippen LogP contribution in [-0.4, -0.2) is 55.8 Å². The van der Waals surface area contributed by atoms with Gasteiger partial charge in [0.1, 0.15) is 0 Å². The SMILES string of the molecule is CC(=O)c1ccc(S(=O)(=O)N2CCC(C(=O)NCC(C)CO)CC2)cc1. The smallest absolute Gasteiger partial charge is 0.243 e. The molecule has 1 aromatic carbocycles. The van der Waals surface area contributed by atoms with E-state index in [0.717, 1.165) is 0 Å². The topological polar surface area (TPSA) is 104 Å². The average Bonchev–Trinajstić information content (AvgIpc) is 2.65. The number of sulfonamides is 1. The Bertz CT molecular complexity index is 737. The number of aliphatic hydroxyl groups is 1. The molecule has 1 heterocycles.